The minimum atomic E-state index is -0.894. The molecule has 3 N–H and O–H groups in total. The van der Waals surface area contributed by atoms with Crippen LogP contribution >= 0.6 is 0 Å². The number of nitriles is 1. The molecule has 0 bridgehead atoms. The zero-order valence-corrected chi connectivity index (χ0v) is 6.70. The molecular formula is C7H10N2O3. The lowest BCUT2D eigenvalue weighted by atomic mass is 10.2. The van der Waals surface area contributed by atoms with E-state index in [2.05, 4.69) is 0 Å². The van der Waals surface area contributed by atoms with E-state index in [1.165, 1.54) is 0 Å². The number of hydrogen-bond donors (Lipinski definition) is 2. The first-order valence-electron chi connectivity index (χ1n) is 3.34. The van der Waals surface area contributed by atoms with Gasteiger partial charge in [-0.15, -0.1) is 0 Å². The summed E-state index contributed by atoms with van der Waals surface area (Å²) in [5.74, 6) is -0.970. The van der Waals surface area contributed by atoms with Crippen molar-refractivity contribution in [3.63, 3.8) is 0 Å². The maximum atomic E-state index is 10.6. The molecule has 0 unspecified atom stereocenters. The summed E-state index contributed by atoms with van der Waals surface area (Å²) < 4.78 is 4.81. The molecule has 0 spiro atoms. The molecule has 0 aromatic rings. The Morgan fingerprint density at radius 3 is 2.58 bits per heavy atom. The smallest absolute Gasteiger partial charge is 0.262 e. The molecule has 0 atom stereocenters. The molecule has 0 aromatic carbocycles. The van der Waals surface area contributed by atoms with Crippen LogP contribution < -0.4 is 5.73 Å². The van der Waals surface area contributed by atoms with E-state index in [0.29, 0.717) is 0 Å². The fraction of sp³-hybridized carbons (Fsp3) is 0.429. The summed E-state index contributed by atoms with van der Waals surface area (Å²) in [6, 6.07) is 1.56. The van der Waals surface area contributed by atoms with E-state index in [1.807, 2.05) is 0 Å². The van der Waals surface area contributed by atoms with E-state index >= 15 is 0 Å². The Balaban J connectivity index is 4.77. The number of nitrogens with two attached hydrogens (primary N) is 1. The zero-order chi connectivity index (χ0) is 9.56. The molecule has 0 saturated heterocycles. The first-order valence-corrected chi connectivity index (χ1v) is 3.34. The highest BCUT2D eigenvalue weighted by Crippen LogP contribution is 2.03. The molecule has 1 amide bonds. The third-order valence-electron chi connectivity index (χ3n) is 1.10. The summed E-state index contributed by atoms with van der Waals surface area (Å²) in [5, 5.41) is 17.1. The maximum Gasteiger partial charge on any atom is 0.262 e. The SMILES string of the molecule is CCO/C(CO)=C(\C#N)C(N)=O. The van der Waals surface area contributed by atoms with Crippen molar-refractivity contribution >= 4 is 5.91 Å². The number of carbonyl (C=O) groups excluding carboxylic acids is 1. The standard InChI is InChI=1S/C7H10N2O3/c1-2-12-6(4-10)5(3-8)7(9)11/h10H,2,4H2,1H3,(H2,9,11)/b6-5+. The van der Waals surface area contributed by atoms with Gasteiger partial charge in [0.1, 0.15) is 18.4 Å². The second kappa shape index (κ2) is 5.16. The van der Waals surface area contributed by atoms with E-state index in [9.17, 15) is 4.79 Å². The average Bonchev–Trinajstić information content (AvgIpc) is 2.03. The Hall–Kier alpha value is -1.54. The van der Waals surface area contributed by atoms with E-state index in [1.54, 1.807) is 13.0 Å². The van der Waals surface area contributed by atoms with Crippen molar-refractivity contribution in [3.05, 3.63) is 11.3 Å². The Labute approximate surface area is 70.0 Å². The van der Waals surface area contributed by atoms with Gasteiger partial charge in [0.15, 0.2) is 5.57 Å². The highest BCUT2D eigenvalue weighted by atomic mass is 16.5. The van der Waals surface area contributed by atoms with Crippen LogP contribution in [0.5, 0.6) is 0 Å². The van der Waals surface area contributed by atoms with Gasteiger partial charge in [-0.3, -0.25) is 4.79 Å². The predicted octanol–water partition coefficient (Wildman–Crippen LogP) is -0.722. The van der Waals surface area contributed by atoms with Crippen molar-refractivity contribution in [3.8, 4) is 6.07 Å². The number of rotatable bonds is 4. The van der Waals surface area contributed by atoms with E-state index < -0.39 is 12.5 Å². The zero-order valence-electron chi connectivity index (χ0n) is 6.70. The molecule has 5 nitrogen and oxygen atoms in total. The highest BCUT2D eigenvalue weighted by molar-refractivity contribution is 5.96. The van der Waals surface area contributed by atoms with Gasteiger partial charge < -0.3 is 15.6 Å². The van der Waals surface area contributed by atoms with Crippen molar-refractivity contribution < 1.29 is 14.6 Å². The minimum Gasteiger partial charge on any atom is -0.494 e. The second-order valence-electron chi connectivity index (χ2n) is 1.87. The van der Waals surface area contributed by atoms with Crippen molar-refractivity contribution in [2.75, 3.05) is 13.2 Å². The van der Waals surface area contributed by atoms with Gasteiger partial charge in [0.25, 0.3) is 5.91 Å². The molecule has 5 heteroatoms. The van der Waals surface area contributed by atoms with Crippen molar-refractivity contribution in [1.29, 1.82) is 5.26 Å². The Bertz CT molecular complexity index is 240. The molecule has 66 valence electrons. The van der Waals surface area contributed by atoms with Gasteiger partial charge in [0.2, 0.25) is 0 Å². The number of aliphatic hydroxyl groups excluding tert-OH is 1. The van der Waals surface area contributed by atoms with Gasteiger partial charge in [-0.25, -0.2) is 0 Å². The van der Waals surface area contributed by atoms with Crippen LogP contribution in [-0.4, -0.2) is 24.2 Å². The first kappa shape index (κ1) is 10.5. The molecule has 12 heavy (non-hydrogen) atoms. The van der Waals surface area contributed by atoms with E-state index in [0.717, 1.165) is 0 Å². The third kappa shape index (κ3) is 2.60. The Kier molecular flexibility index (Phi) is 4.49. The van der Waals surface area contributed by atoms with E-state index in [4.69, 9.17) is 20.8 Å². The fourth-order valence-electron chi connectivity index (χ4n) is 0.626. The average molecular weight is 170 g/mol. The van der Waals surface area contributed by atoms with Crippen molar-refractivity contribution in [1.82, 2.24) is 0 Å². The molecule has 0 rings (SSSR count). The summed E-state index contributed by atoms with van der Waals surface area (Å²) in [6.45, 7) is 1.44. The lowest BCUT2D eigenvalue weighted by Gasteiger charge is -2.05. The van der Waals surface area contributed by atoms with Crippen LogP contribution in [0.25, 0.3) is 0 Å². The predicted molar refractivity (Wildman–Crippen MR) is 40.5 cm³/mol. The molecule has 0 aliphatic carbocycles. The number of hydrogen-bond acceptors (Lipinski definition) is 4. The fourth-order valence-corrected chi connectivity index (χ4v) is 0.626. The molecule has 0 radical (unpaired) electrons. The molecular weight excluding hydrogens is 160 g/mol. The Morgan fingerprint density at radius 2 is 2.33 bits per heavy atom. The molecule has 0 saturated carbocycles. The van der Waals surface area contributed by atoms with Gasteiger partial charge in [-0.05, 0) is 6.92 Å². The lowest BCUT2D eigenvalue weighted by molar-refractivity contribution is -0.114. The third-order valence-corrected chi connectivity index (χ3v) is 1.10. The summed E-state index contributed by atoms with van der Waals surface area (Å²) in [4.78, 5) is 10.6. The van der Waals surface area contributed by atoms with Gasteiger partial charge in [0, 0.05) is 0 Å². The van der Waals surface area contributed by atoms with Gasteiger partial charge in [-0.1, -0.05) is 0 Å². The van der Waals surface area contributed by atoms with Gasteiger partial charge >= 0.3 is 0 Å². The number of ether oxygens (including phenoxy) is 1. The summed E-state index contributed by atoms with van der Waals surface area (Å²) in [7, 11) is 0. The largest absolute Gasteiger partial charge is 0.494 e. The monoisotopic (exact) mass is 170 g/mol. The number of primary amides is 1. The molecule has 0 fully saturated rings. The van der Waals surface area contributed by atoms with Crippen LogP contribution in [0.4, 0.5) is 0 Å². The van der Waals surface area contributed by atoms with Crippen LogP contribution in [0.3, 0.4) is 0 Å². The normalized spacial score (nSPS) is 11.4. The van der Waals surface area contributed by atoms with Gasteiger partial charge in [0.05, 0.1) is 6.61 Å². The number of aliphatic hydroxyl groups is 1. The second-order valence-corrected chi connectivity index (χ2v) is 1.87. The van der Waals surface area contributed by atoms with Crippen LogP contribution in [0.2, 0.25) is 0 Å². The van der Waals surface area contributed by atoms with Crippen molar-refractivity contribution in [2.45, 2.75) is 6.92 Å². The van der Waals surface area contributed by atoms with Crippen LogP contribution in [0.15, 0.2) is 11.3 Å². The van der Waals surface area contributed by atoms with Crippen LogP contribution in [0.1, 0.15) is 6.92 Å². The molecule has 0 aromatic heterocycles. The Morgan fingerprint density at radius 1 is 1.75 bits per heavy atom. The maximum absolute atomic E-state index is 10.6. The molecule has 0 heterocycles. The lowest BCUT2D eigenvalue weighted by Crippen LogP contribution is -2.17. The highest BCUT2D eigenvalue weighted by Gasteiger charge is 2.11. The summed E-state index contributed by atoms with van der Waals surface area (Å²) in [5.41, 5.74) is 4.51. The van der Waals surface area contributed by atoms with Gasteiger partial charge in [-0.2, -0.15) is 5.26 Å². The molecule has 0 aliphatic rings. The summed E-state index contributed by atoms with van der Waals surface area (Å²) >= 11 is 0. The van der Waals surface area contributed by atoms with Crippen LogP contribution in [0, 0.1) is 11.3 Å². The number of amides is 1. The quantitative estimate of drug-likeness (QED) is 0.330. The molecule has 0 aliphatic heterocycles. The minimum absolute atomic E-state index is 0.0764. The van der Waals surface area contributed by atoms with E-state index in [-0.39, 0.29) is 17.9 Å². The number of nitrogens with zero attached hydrogens (tertiary/aromatic N) is 1. The van der Waals surface area contributed by atoms with Crippen LogP contribution in [-0.2, 0) is 9.53 Å². The first-order chi connectivity index (χ1) is 5.67. The van der Waals surface area contributed by atoms with Crippen molar-refractivity contribution in [2.24, 2.45) is 5.73 Å². The topological polar surface area (TPSA) is 96.3 Å². The summed E-state index contributed by atoms with van der Waals surface area (Å²) in [6.07, 6.45) is 0. The number of carbonyl (C=O) groups is 1.